The van der Waals surface area contributed by atoms with Gasteiger partial charge in [0.15, 0.2) is 0 Å². The van der Waals surface area contributed by atoms with E-state index in [0.29, 0.717) is 0 Å². The summed E-state index contributed by atoms with van der Waals surface area (Å²) in [6.45, 7) is 2.35. The van der Waals surface area contributed by atoms with Gasteiger partial charge in [-0.3, -0.25) is 0 Å². The highest BCUT2D eigenvalue weighted by atomic mass is 14.5. The van der Waals surface area contributed by atoms with Crippen molar-refractivity contribution in [3.8, 4) is 0 Å². The van der Waals surface area contributed by atoms with E-state index in [-0.39, 0.29) is 0 Å². The summed E-state index contributed by atoms with van der Waals surface area (Å²) >= 11 is 0. The molecule has 0 aliphatic heterocycles. The molecule has 0 bridgehead atoms. The van der Waals surface area contributed by atoms with E-state index < -0.39 is 0 Å². The fourth-order valence-electron chi connectivity index (χ4n) is 2.54. The third-order valence-corrected chi connectivity index (χ3v) is 3.26. The smallest absolute Gasteiger partial charge is 0.0355 e. The van der Waals surface area contributed by atoms with Gasteiger partial charge in [-0.1, -0.05) is 32.6 Å². The first-order chi connectivity index (χ1) is 4.42. The van der Waals surface area contributed by atoms with Gasteiger partial charge in [-0.25, -0.2) is 0 Å². The molecule has 0 saturated heterocycles. The van der Waals surface area contributed by atoms with E-state index in [1.807, 2.05) is 0 Å². The van der Waals surface area contributed by atoms with E-state index in [1.54, 1.807) is 12.8 Å². The highest BCUT2D eigenvalue weighted by Gasteiger charge is 2.43. The van der Waals surface area contributed by atoms with Crippen LogP contribution in [0, 0.1) is 17.8 Å². The molecule has 0 nitrogen and oxygen atoms in total. The highest BCUT2D eigenvalue weighted by Crippen LogP contribution is 2.53. The summed E-state index contributed by atoms with van der Waals surface area (Å²) in [4.78, 5) is 0. The average Bonchev–Trinajstić information content (AvgIpc) is 2.64. The zero-order valence-electron chi connectivity index (χ0n) is 6.27. The number of fused-ring (bicyclic) bond motifs is 1. The van der Waals surface area contributed by atoms with Crippen molar-refractivity contribution in [2.45, 2.75) is 39.0 Å². The zero-order valence-corrected chi connectivity index (χ0v) is 6.27. The van der Waals surface area contributed by atoms with Gasteiger partial charge in [0.2, 0.25) is 0 Å². The van der Waals surface area contributed by atoms with Gasteiger partial charge in [-0.05, 0) is 24.2 Å². The van der Waals surface area contributed by atoms with Crippen molar-refractivity contribution in [2.75, 3.05) is 0 Å². The number of hydrogen-bond acceptors (Lipinski definition) is 0. The second-order valence-electron chi connectivity index (χ2n) is 3.76. The van der Waals surface area contributed by atoms with E-state index in [2.05, 4.69) is 6.92 Å². The van der Waals surface area contributed by atoms with Crippen molar-refractivity contribution in [1.82, 2.24) is 0 Å². The largest absolute Gasteiger partial charge is 0.0651 e. The molecule has 0 aromatic carbocycles. The summed E-state index contributed by atoms with van der Waals surface area (Å²) in [6, 6.07) is 0. The molecule has 0 heterocycles. The summed E-state index contributed by atoms with van der Waals surface area (Å²) in [7, 11) is 0. The third kappa shape index (κ3) is 0.889. The maximum atomic E-state index is 2.35. The molecule has 52 valence electrons. The summed E-state index contributed by atoms with van der Waals surface area (Å²) in [5.41, 5.74) is 0. The standard InChI is InChI=1S/C9H16/c1-2-7-4-3-5-8-6-9(7)8/h7-9H,2-6H2,1H3/t7-,8-,9-/m1/s1. The Morgan fingerprint density at radius 3 is 2.89 bits per heavy atom. The molecule has 9 heavy (non-hydrogen) atoms. The Kier molecular flexibility index (Phi) is 1.28. The monoisotopic (exact) mass is 124 g/mol. The van der Waals surface area contributed by atoms with Gasteiger partial charge in [-0.2, -0.15) is 0 Å². The summed E-state index contributed by atoms with van der Waals surface area (Å²) in [5, 5.41) is 0. The molecule has 0 heteroatoms. The molecular weight excluding hydrogens is 108 g/mol. The molecule has 0 spiro atoms. The van der Waals surface area contributed by atoms with Gasteiger partial charge in [0.25, 0.3) is 0 Å². The molecule has 3 atom stereocenters. The zero-order chi connectivity index (χ0) is 6.27. The summed E-state index contributed by atoms with van der Waals surface area (Å²) in [5.74, 6) is 3.50. The van der Waals surface area contributed by atoms with Crippen molar-refractivity contribution >= 4 is 0 Å². The molecule has 2 aliphatic rings. The maximum absolute atomic E-state index is 2.35. The van der Waals surface area contributed by atoms with Crippen molar-refractivity contribution in [3.05, 3.63) is 0 Å². The van der Waals surface area contributed by atoms with Gasteiger partial charge in [0.1, 0.15) is 0 Å². The lowest BCUT2D eigenvalue weighted by Crippen LogP contribution is -2.07. The van der Waals surface area contributed by atoms with Crippen molar-refractivity contribution in [1.29, 1.82) is 0 Å². The van der Waals surface area contributed by atoms with Crippen LogP contribution in [0.2, 0.25) is 0 Å². The molecule has 0 unspecified atom stereocenters. The molecule has 0 N–H and O–H groups in total. The van der Waals surface area contributed by atoms with Crippen LogP contribution >= 0.6 is 0 Å². The molecule has 2 rings (SSSR count). The topological polar surface area (TPSA) is 0 Å². The molecule has 2 aliphatic carbocycles. The average molecular weight is 124 g/mol. The molecule has 0 aromatic heterocycles. The van der Waals surface area contributed by atoms with Crippen LogP contribution in [0.3, 0.4) is 0 Å². The third-order valence-electron chi connectivity index (χ3n) is 3.26. The van der Waals surface area contributed by atoms with Crippen LogP contribution in [-0.2, 0) is 0 Å². The Labute approximate surface area is 57.6 Å². The predicted octanol–water partition coefficient (Wildman–Crippen LogP) is 2.83. The first-order valence-electron chi connectivity index (χ1n) is 4.42. The fourth-order valence-corrected chi connectivity index (χ4v) is 2.54. The van der Waals surface area contributed by atoms with Gasteiger partial charge in [0, 0.05) is 0 Å². The van der Waals surface area contributed by atoms with E-state index in [4.69, 9.17) is 0 Å². The maximum Gasteiger partial charge on any atom is -0.0355 e. The number of rotatable bonds is 1. The van der Waals surface area contributed by atoms with E-state index in [1.165, 1.54) is 31.1 Å². The summed E-state index contributed by atoms with van der Waals surface area (Å²) < 4.78 is 0. The van der Waals surface area contributed by atoms with E-state index >= 15 is 0 Å². The SMILES string of the molecule is CC[C@@H]1CCC[C@@H]2C[C@H]12. The first kappa shape index (κ1) is 5.76. The van der Waals surface area contributed by atoms with Crippen LogP contribution in [-0.4, -0.2) is 0 Å². The fraction of sp³-hybridized carbons (Fsp3) is 1.00. The molecule has 0 radical (unpaired) electrons. The lowest BCUT2D eigenvalue weighted by atomic mass is 9.87. The van der Waals surface area contributed by atoms with Gasteiger partial charge in [0.05, 0.1) is 0 Å². The van der Waals surface area contributed by atoms with E-state index in [0.717, 1.165) is 5.92 Å². The van der Waals surface area contributed by atoms with Gasteiger partial charge < -0.3 is 0 Å². The molecule has 0 aromatic rings. The van der Waals surface area contributed by atoms with Crippen molar-refractivity contribution in [3.63, 3.8) is 0 Å². The minimum Gasteiger partial charge on any atom is -0.0651 e. The normalized spacial score (nSPS) is 48.3. The Balaban J connectivity index is 1.93. The Morgan fingerprint density at radius 2 is 2.22 bits per heavy atom. The molecular formula is C9H16. The molecule has 2 saturated carbocycles. The summed E-state index contributed by atoms with van der Waals surface area (Å²) in [6.07, 6.45) is 7.65. The Hall–Kier alpha value is 0. The number of hydrogen-bond donors (Lipinski definition) is 0. The Morgan fingerprint density at radius 1 is 1.33 bits per heavy atom. The van der Waals surface area contributed by atoms with Crippen molar-refractivity contribution < 1.29 is 0 Å². The molecule has 2 fully saturated rings. The minimum atomic E-state index is 1.13. The van der Waals surface area contributed by atoms with Gasteiger partial charge in [-0.15, -0.1) is 0 Å². The van der Waals surface area contributed by atoms with Crippen LogP contribution < -0.4 is 0 Å². The van der Waals surface area contributed by atoms with Crippen LogP contribution in [0.15, 0.2) is 0 Å². The van der Waals surface area contributed by atoms with Crippen molar-refractivity contribution in [2.24, 2.45) is 17.8 Å². The van der Waals surface area contributed by atoms with Crippen LogP contribution in [0.1, 0.15) is 39.0 Å². The first-order valence-corrected chi connectivity index (χ1v) is 4.42. The van der Waals surface area contributed by atoms with E-state index in [9.17, 15) is 0 Å². The minimum absolute atomic E-state index is 1.13. The second-order valence-corrected chi connectivity index (χ2v) is 3.76. The molecule has 0 amide bonds. The van der Waals surface area contributed by atoms with Gasteiger partial charge >= 0.3 is 0 Å². The van der Waals surface area contributed by atoms with Crippen LogP contribution in [0.25, 0.3) is 0 Å². The predicted molar refractivity (Wildman–Crippen MR) is 39.2 cm³/mol. The highest BCUT2D eigenvalue weighted by molar-refractivity contribution is 4.93. The lowest BCUT2D eigenvalue weighted by molar-refractivity contribution is 0.327. The Bertz CT molecular complexity index is 107. The quantitative estimate of drug-likeness (QED) is 0.504. The lowest BCUT2D eigenvalue weighted by Gasteiger charge is -2.18. The van der Waals surface area contributed by atoms with Crippen LogP contribution in [0.5, 0.6) is 0 Å². The van der Waals surface area contributed by atoms with Crippen LogP contribution in [0.4, 0.5) is 0 Å². The second kappa shape index (κ2) is 2.00.